The number of carbonyl (C=O) groups is 1. The zero-order chi connectivity index (χ0) is 15.5. The Balaban J connectivity index is 1.82. The third kappa shape index (κ3) is 4.99. The second-order valence-corrected chi connectivity index (χ2v) is 8.65. The molecule has 21 heavy (non-hydrogen) atoms. The highest BCUT2D eigenvalue weighted by molar-refractivity contribution is 7.99. The average molecular weight is 333 g/mol. The highest BCUT2D eigenvalue weighted by atomic mass is 32.2. The van der Waals surface area contributed by atoms with Gasteiger partial charge in [-0.2, -0.15) is 0 Å². The maximum atomic E-state index is 11.6. The molecule has 0 bridgehead atoms. The van der Waals surface area contributed by atoms with Crippen LogP contribution in [0, 0.1) is 5.92 Å². The Labute approximate surface area is 128 Å². The van der Waals surface area contributed by atoms with Crippen LogP contribution in [-0.2, 0) is 14.6 Å². The van der Waals surface area contributed by atoms with Gasteiger partial charge in [-0.3, -0.25) is 4.79 Å². The molecule has 0 aliphatic carbocycles. The van der Waals surface area contributed by atoms with Crippen molar-refractivity contribution in [3.8, 4) is 0 Å². The van der Waals surface area contributed by atoms with E-state index < -0.39 is 9.84 Å². The number of thioether (sulfide) groups is 1. The van der Waals surface area contributed by atoms with Crippen molar-refractivity contribution >= 4 is 27.5 Å². The van der Waals surface area contributed by atoms with Gasteiger partial charge in [0.05, 0.1) is 23.2 Å². The molecule has 1 saturated heterocycles. The molecular formula is C12H19N3O4S2. The molecule has 1 amide bonds. The topological polar surface area (TPSA) is 102 Å². The van der Waals surface area contributed by atoms with Gasteiger partial charge in [0.25, 0.3) is 5.22 Å². The first kappa shape index (κ1) is 16.3. The van der Waals surface area contributed by atoms with Crippen molar-refractivity contribution in [2.24, 2.45) is 5.92 Å². The van der Waals surface area contributed by atoms with Gasteiger partial charge in [-0.05, 0) is 12.3 Å². The average Bonchev–Trinajstić information content (AvgIpc) is 3.00. The largest absolute Gasteiger partial charge is 0.416 e. The summed E-state index contributed by atoms with van der Waals surface area (Å²) in [5, 5.41) is 10.8. The Morgan fingerprint density at radius 3 is 2.86 bits per heavy atom. The predicted octanol–water partition coefficient (Wildman–Crippen LogP) is 0.836. The van der Waals surface area contributed by atoms with E-state index in [4.69, 9.17) is 4.42 Å². The highest BCUT2D eigenvalue weighted by Crippen LogP contribution is 2.29. The summed E-state index contributed by atoms with van der Waals surface area (Å²) in [6, 6.07) is 0. The SMILES string of the molecule is CC(C)CNC(=O)CSc1nnc([C@@H]2CCS(=O)(=O)C2)o1. The second-order valence-electron chi connectivity index (χ2n) is 5.49. The van der Waals surface area contributed by atoms with Gasteiger partial charge in [-0.1, -0.05) is 25.6 Å². The van der Waals surface area contributed by atoms with Gasteiger partial charge < -0.3 is 9.73 Å². The highest BCUT2D eigenvalue weighted by Gasteiger charge is 2.32. The van der Waals surface area contributed by atoms with E-state index in [1.54, 1.807) is 0 Å². The van der Waals surface area contributed by atoms with E-state index in [-0.39, 0.29) is 29.1 Å². The second kappa shape index (κ2) is 6.78. The molecule has 1 aromatic heterocycles. The summed E-state index contributed by atoms with van der Waals surface area (Å²) in [5.41, 5.74) is 0. The lowest BCUT2D eigenvalue weighted by Gasteiger charge is -2.05. The number of hydrogen-bond donors (Lipinski definition) is 1. The summed E-state index contributed by atoms with van der Waals surface area (Å²) >= 11 is 1.16. The zero-order valence-corrected chi connectivity index (χ0v) is 13.7. The molecular weight excluding hydrogens is 314 g/mol. The fraction of sp³-hybridized carbons (Fsp3) is 0.750. The standard InChI is InChI=1S/C12H19N3O4S2/c1-8(2)5-13-10(16)6-20-12-15-14-11(19-12)9-3-4-21(17,18)7-9/h8-9H,3-7H2,1-2H3,(H,13,16)/t9-/m1/s1. The quantitative estimate of drug-likeness (QED) is 0.769. The van der Waals surface area contributed by atoms with Crippen LogP contribution in [0.15, 0.2) is 9.64 Å². The molecule has 0 aromatic carbocycles. The van der Waals surface area contributed by atoms with Crippen LogP contribution < -0.4 is 5.32 Å². The Kier molecular flexibility index (Phi) is 5.26. The summed E-state index contributed by atoms with van der Waals surface area (Å²) < 4.78 is 28.3. The van der Waals surface area contributed by atoms with E-state index in [2.05, 4.69) is 15.5 Å². The van der Waals surface area contributed by atoms with Crippen LogP contribution in [0.1, 0.15) is 32.1 Å². The van der Waals surface area contributed by atoms with Crippen molar-refractivity contribution in [1.29, 1.82) is 0 Å². The first-order valence-corrected chi connectivity index (χ1v) is 9.60. The summed E-state index contributed by atoms with van der Waals surface area (Å²) in [5.74, 6) is 0.883. The minimum atomic E-state index is -2.97. The van der Waals surface area contributed by atoms with E-state index >= 15 is 0 Å². The molecule has 9 heteroatoms. The molecule has 1 N–H and O–H groups in total. The smallest absolute Gasteiger partial charge is 0.277 e. The lowest BCUT2D eigenvalue weighted by molar-refractivity contribution is -0.118. The van der Waals surface area contributed by atoms with Gasteiger partial charge in [0.2, 0.25) is 11.8 Å². The summed E-state index contributed by atoms with van der Waals surface area (Å²) in [6.07, 6.45) is 0.517. The molecule has 2 rings (SSSR count). The third-order valence-electron chi connectivity index (χ3n) is 3.04. The molecule has 1 atom stereocenters. The Morgan fingerprint density at radius 2 is 2.24 bits per heavy atom. The summed E-state index contributed by atoms with van der Waals surface area (Å²) in [4.78, 5) is 11.6. The number of carbonyl (C=O) groups excluding carboxylic acids is 1. The van der Waals surface area contributed by atoms with Crippen molar-refractivity contribution in [1.82, 2.24) is 15.5 Å². The van der Waals surface area contributed by atoms with Gasteiger partial charge in [0, 0.05) is 6.54 Å². The lowest BCUT2D eigenvalue weighted by Crippen LogP contribution is -2.28. The molecule has 7 nitrogen and oxygen atoms in total. The van der Waals surface area contributed by atoms with Crippen LogP contribution in [0.3, 0.4) is 0 Å². The summed E-state index contributed by atoms with van der Waals surface area (Å²) in [7, 11) is -2.97. The van der Waals surface area contributed by atoms with E-state index in [1.165, 1.54) is 0 Å². The monoisotopic (exact) mass is 333 g/mol. The first-order valence-electron chi connectivity index (χ1n) is 6.79. The zero-order valence-electron chi connectivity index (χ0n) is 12.0. The molecule has 1 aliphatic heterocycles. The minimum absolute atomic E-state index is 0.0637. The van der Waals surface area contributed by atoms with Gasteiger partial charge in [0.1, 0.15) is 0 Å². The first-order chi connectivity index (χ1) is 9.85. The van der Waals surface area contributed by atoms with E-state index in [1.807, 2.05) is 13.8 Å². The molecule has 118 valence electrons. The third-order valence-corrected chi connectivity index (χ3v) is 5.62. The number of nitrogens with one attached hydrogen (secondary N) is 1. The molecule has 0 unspecified atom stereocenters. The van der Waals surface area contributed by atoms with Gasteiger partial charge >= 0.3 is 0 Å². The molecule has 0 radical (unpaired) electrons. The number of amides is 1. The van der Waals surface area contributed by atoms with Crippen molar-refractivity contribution < 1.29 is 17.6 Å². The Morgan fingerprint density at radius 1 is 1.48 bits per heavy atom. The maximum absolute atomic E-state index is 11.6. The number of nitrogens with zero attached hydrogens (tertiary/aromatic N) is 2. The molecule has 2 heterocycles. The number of rotatable bonds is 6. The number of sulfone groups is 1. The fourth-order valence-electron chi connectivity index (χ4n) is 1.93. The van der Waals surface area contributed by atoms with Crippen LogP contribution in [0.25, 0.3) is 0 Å². The molecule has 1 fully saturated rings. The Bertz CT molecular complexity index is 597. The normalized spacial score (nSPS) is 20.8. The van der Waals surface area contributed by atoms with Crippen molar-refractivity contribution in [2.45, 2.75) is 31.4 Å². The molecule has 1 aromatic rings. The van der Waals surface area contributed by atoms with Crippen LogP contribution in [0.2, 0.25) is 0 Å². The van der Waals surface area contributed by atoms with Crippen LogP contribution in [-0.4, -0.2) is 48.3 Å². The van der Waals surface area contributed by atoms with E-state index in [0.717, 1.165) is 11.8 Å². The van der Waals surface area contributed by atoms with Crippen LogP contribution >= 0.6 is 11.8 Å². The van der Waals surface area contributed by atoms with Crippen LogP contribution in [0.5, 0.6) is 0 Å². The predicted molar refractivity (Wildman–Crippen MR) is 78.9 cm³/mol. The molecule has 1 aliphatic rings. The van der Waals surface area contributed by atoms with Gasteiger partial charge in [-0.15, -0.1) is 10.2 Å². The van der Waals surface area contributed by atoms with E-state index in [0.29, 0.717) is 30.0 Å². The molecule has 0 spiro atoms. The lowest BCUT2D eigenvalue weighted by atomic mass is 10.1. The minimum Gasteiger partial charge on any atom is -0.416 e. The van der Waals surface area contributed by atoms with Crippen molar-refractivity contribution in [2.75, 3.05) is 23.8 Å². The van der Waals surface area contributed by atoms with Crippen LogP contribution in [0.4, 0.5) is 0 Å². The van der Waals surface area contributed by atoms with E-state index in [9.17, 15) is 13.2 Å². The van der Waals surface area contributed by atoms with Crippen molar-refractivity contribution in [3.05, 3.63) is 5.89 Å². The summed E-state index contributed by atoms with van der Waals surface area (Å²) in [6.45, 7) is 4.68. The maximum Gasteiger partial charge on any atom is 0.277 e. The Hall–Kier alpha value is -1.09. The van der Waals surface area contributed by atoms with Gasteiger partial charge in [-0.25, -0.2) is 8.42 Å². The van der Waals surface area contributed by atoms with Crippen molar-refractivity contribution in [3.63, 3.8) is 0 Å². The fourth-order valence-corrected chi connectivity index (χ4v) is 4.26. The van der Waals surface area contributed by atoms with Gasteiger partial charge in [0.15, 0.2) is 9.84 Å². The number of hydrogen-bond acceptors (Lipinski definition) is 7. The number of aromatic nitrogens is 2. The molecule has 0 saturated carbocycles.